The van der Waals surface area contributed by atoms with Gasteiger partial charge in [0.2, 0.25) is 11.6 Å². The molecule has 1 heterocycles. The summed E-state index contributed by atoms with van der Waals surface area (Å²) >= 11 is 0. The smallest absolute Gasteiger partial charge is 0.252 e. The van der Waals surface area contributed by atoms with Crippen LogP contribution < -0.4 is 14.9 Å². The second kappa shape index (κ2) is 9.47. The zero-order valence-corrected chi connectivity index (χ0v) is 15.6. The van der Waals surface area contributed by atoms with E-state index in [2.05, 4.69) is 22.4 Å². The lowest BCUT2D eigenvalue weighted by molar-refractivity contribution is 0.277. The molecule has 0 bridgehead atoms. The normalized spacial score (nSPS) is 10.9. The van der Waals surface area contributed by atoms with Gasteiger partial charge in [0.05, 0.1) is 19.4 Å². The summed E-state index contributed by atoms with van der Waals surface area (Å²) in [5.74, 6) is 2.20. The van der Waals surface area contributed by atoms with Crippen molar-refractivity contribution in [3.05, 3.63) is 35.3 Å². The molecule has 0 aliphatic heterocycles. The molecule has 0 amide bonds. The Balaban J connectivity index is 2.13. The van der Waals surface area contributed by atoms with Crippen molar-refractivity contribution < 1.29 is 13.9 Å². The number of aromatic nitrogens is 1. The van der Waals surface area contributed by atoms with Gasteiger partial charge in [0.25, 0.3) is 5.88 Å². The number of hydrazone groups is 1. The van der Waals surface area contributed by atoms with Gasteiger partial charge in [0, 0.05) is 5.92 Å². The first-order valence-corrected chi connectivity index (χ1v) is 8.68. The predicted octanol–water partition coefficient (Wildman–Crippen LogP) is 4.30. The quantitative estimate of drug-likeness (QED) is 0.532. The van der Waals surface area contributed by atoms with Crippen LogP contribution in [0.25, 0.3) is 0 Å². The lowest BCUT2D eigenvalue weighted by atomic mass is 10.2. The van der Waals surface area contributed by atoms with Crippen molar-refractivity contribution in [3.8, 4) is 17.6 Å². The first kappa shape index (κ1) is 19.3. The van der Waals surface area contributed by atoms with Gasteiger partial charge in [-0.2, -0.15) is 10.4 Å². The fourth-order valence-electron chi connectivity index (χ4n) is 2.11. The number of nitriles is 1. The molecule has 1 N–H and O–H groups in total. The molecule has 0 radical (unpaired) electrons. The van der Waals surface area contributed by atoms with Gasteiger partial charge in [0.15, 0.2) is 11.5 Å². The SMILES string of the molecule is CCCOc1ccc(/C=N/Nc2oc(C(C)C)nc2C#N)cc1OCC. The van der Waals surface area contributed by atoms with Crippen LogP contribution in [-0.2, 0) is 0 Å². The van der Waals surface area contributed by atoms with E-state index in [1.807, 2.05) is 45.0 Å². The van der Waals surface area contributed by atoms with Crippen LogP contribution in [0.3, 0.4) is 0 Å². The van der Waals surface area contributed by atoms with E-state index in [1.54, 1.807) is 6.21 Å². The van der Waals surface area contributed by atoms with Crippen LogP contribution in [0.5, 0.6) is 11.5 Å². The Bertz CT molecular complexity index is 791. The molecule has 2 rings (SSSR count). The zero-order valence-electron chi connectivity index (χ0n) is 15.6. The predicted molar refractivity (Wildman–Crippen MR) is 99.9 cm³/mol. The third kappa shape index (κ3) is 4.99. The number of oxazole rings is 1. The first-order chi connectivity index (χ1) is 12.6. The molecule has 0 saturated carbocycles. The lowest BCUT2D eigenvalue weighted by Crippen LogP contribution is -2.01. The lowest BCUT2D eigenvalue weighted by Gasteiger charge is -2.11. The number of nitrogens with zero attached hydrogens (tertiary/aromatic N) is 3. The van der Waals surface area contributed by atoms with Gasteiger partial charge in [-0.3, -0.25) is 0 Å². The van der Waals surface area contributed by atoms with Crippen LogP contribution in [0.15, 0.2) is 27.7 Å². The second-order valence-corrected chi connectivity index (χ2v) is 5.85. The number of anilines is 1. The third-order valence-electron chi connectivity index (χ3n) is 3.35. The molecule has 7 heteroatoms. The maximum Gasteiger partial charge on any atom is 0.252 e. The van der Waals surface area contributed by atoms with Crippen molar-refractivity contribution in [2.24, 2.45) is 5.10 Å². The van der Waals surface area contributed by atoms with E-state index < -0.39 is 0 Å². The molecular formula is C19H24N4O3. The Morgan fingerprint density at radius 2 is 2.12 bits per heavy atom. The Morgan fingerprint density at radius 1 is 1.31 bits per heavy atom. The van der Waals surface area contributed by atoms with E-state index >= 15 is 0 Å². The van der Waals surface area contributed by atoms with Crippen LogP contribution >= 0.6 is 0 Å². The van der Waals surface area contributed by atoms with Gasteiger partial charge in [-0.1, -0.05) is 20.8 Å². The molecule has 2 aromatic rings. The molecule has 0 fully saturated rings. The molecular weight excluding hydrogens is 332 g/mol. The van der Waals surface area contributed by atoms with Gasteiger partial charge >= 0.3 is 0 Å². The van der Waals surface area contributed by atoms with Crippen molar-refractivity contribution in [1.29, 1.82) is 5.26 Å². The highest BCUT2D eigenvalue weighted by molar-refractivity contribution is 5.81. The second-order valence-electron chi connectivity index (χ2n) is 5.85. The molecule has 0 aliphatic rings. The summed E-state index contributed by atoms with van der Waals surface area (Å²) in [5, 5.41) is 13.3. The number of rotatable bonds is 9. The number of nitrogens with one attached hydrogen (secondary N) is 1. The van der Waals surface area contributed by atoms with Gasteiger partial charge in [-0.05, 0) is 37.1 Å². The van der Waals surface area contributed by atoms with Crippen molar-refractivity contribution >= 4 is 12.1 Å². The summed E-state index contributed by atoms with van der Waals surface area (Å²) in [6.45, 7) is 9.04. The molecule has 0 atom stereocenters. The summed E-state index contributed by atoms with van der Waals surface area (Å²) in [6, 6.07) is 7.58. The van der Waals surface area contributed by atoms with Gasteiger partial charge in [-0.25, -0.2) is 10.4 Å². The molecule has 1 aromatic heterocycles. The standard InChI is InChI=1S/C19H24N4O3/c1-5-9-25-16-8-7-14(10-17(16)24-6-2)12-21-23-19-15(11-20)22-18(26-19)13(3)4/h7-8,10,12-13,23H,5-6,9H2,1-4H3/b21-12+. The van der Waals surface area contributed by atoms with Crippen molar-refractivity contribution in [1.82, 2.24) is 4.98 Å². The van der Waals surface area contributed by atoms with Crippen LogP contribution in [0, 0.1) is 11.3 Å². The average molecular weight is 356 g/mol. The maximum absolute atomic E-state index is 9.13. The highest BCUT2D eigenvalue weighted by Gasteiger charge is 2.14. The largest absolute Gasteiger partial charge is 0.490 e. The van der Waals surface area contributed by atoms with Gasteiger partial charge in [-0.15, -0.1) is 0 Å². The van der Waals surface area contributed by atoms with Crippen molar-refractivity contribution in [2.45, 2.75) is 40.0 Å². The van der Waals surface area contributed by atoms with Crippen LogP contribution in [-0.4, -0.2) is 24.4 Å². The number of benzene rings is 1. The average Bonchev–Trinajstić information content (AvgIpc) is 3.05. The Kier molecular flexibility index (Phi) is 7.03. The molecule has 0 aliphatic carbocycles. The zero-order chi connectivity index (χ0) is 18.9. The van der Waals surface area contributed by atoms with E-state index in [-0.39, 0.29) is 17.5 Å². The number of hydrogen-bond donors (Lipinski definition) is 1. The molecule has 26 heavy (non-hydrogen) atoms. The Morgan fingerprint density at radius 3 is 2.77 bits per heavy atom. The van der Waals surface area contributed by atoms with E-state index in [9.17, 15) is 0 Å². The van der Waals surface area contributed by atoms with Gasteiger partial charge < -0.3 is 13.9 Å². The first-order valence-electron chi connectivity index (χ1n) is 8.68. The molecule has 0 saturated heterocycles. The Hall–Kier alpha value is -3.01. The van der Waals surface area contributed by atoms with Crippen LogP contribution in [0.1, 0.15) is 57.2 Å². The fourth-order valence-corrected chi connectivity index (χ4v) is 2.11. The molecule has 138 valence electrons. The van der Waals surface area contributed by atoms with Crippen LogP contribution in [0.4, 0.5) is 5.88 Å². The minimum Gasteiger partial charge on any atom is -0.490 e. The van der Waals surface area contributed by atoms with E-state index in [4.69, 9.17) is 19.2 Å². The minimum atomic E-state index is 0.0889. The highest BCUT2D eigenvalue weighted by atomic mass is 16.5. The van der Waals surface area contributed by atoms with Crippen molar-refractivity contribution in [2.75, 3.05) is 18.6 Å². The maximum atomic E-state index is 9.13. The summed E-state index contributed by atoms with van der Waals surface area (Å²) < 4.78 is 16.8. The summed E-state index contributed by atoms with van der Waals surface area (Å²) in [6.07, 6.45) is 2.54. The highest BCUT2D eigenvalue weighted by Crippen LogP contribution is 2.28. The van der Waals surface area contributed by atoms with Gasteiger partial charge in [0.1, 0.15) is 6.07 Å². The molecule has 0 unspecified atom stereocenters. The topological polar surface area (TPSA) is 92.7 Å². The molecule has 0 spiro atoms. The Labute approximate surface area is 153 Å². The van der Waals surface area contributed by atoms with E-state index in [1.165, 1.54) is 0 Å². The monoisotopic (exact) mass is 356 g/mol. The number of hydrogen-bond acceptors (Lipinski definition) is 7. The fraction of sp³-hybridized carbons (Fsp3) is 0.421. The summed E-state index contributed by atoms with van der Waals surface area (Å²) in [5.41, 5.74) is 3.74. The van der Waals surface area contributed by atoms with Crippen LogP contribution in [0.2, 0.25) is 0 Å². The summed E-state index contributed by atoms with van der Waals surface area (Å²) in [4.78, 5) is 4.13. The third-order valence-corrected chi connectivity index (χ3v) is 3.35. The summed E-state index contributed by atoms with van der Waals surface area (Å²) in [7, 11) is 0. The molecule has 7 nitrogen and oxygen atoms in total. The van der Waals surface area contributed by atoms with Crippen molar-refractivity contribution in [3.63, 3.8) is 0 Å². The molecule has 1 aromatic carbocycles. The van der Waals surface area contributed by atoms with E-state index in [0.29, 0.717) is 30.6 Å². The number of ether oxygens (including phenoxy) is 2. The van der Waals surface area contributed by atoms with E-state index in [0.717, 1.165) is 12.0 Å². The minimum absolute atomic E-state index is 0.0889.